The van der Waals surface area contributed by atoms with Crippen molar-refractivity contribution in [3.8, 4) is 11.6 Å². The smallest absolute Gasteiger partial charge is 0.266 e. The number of anilines is 1. The molecule has 166 valence electrons. The number of aryl methyl sites for hydroxylation is 1. The van der Waals surface area contributed by atoms with Crippen molar-refractivity contribution < 1.29 is 17.5 Å². The Morgan fingerprint density at radius 3 is 2.42 bits per heavy atom. The van der Waals surface area contributed by atoms with Crippen molar-refractivity contribution in [3.05, 3.63) is 84.4 Å². The van der Waals surface area contributed by atoms with Gasteiger partial charge in [0, 0.05) is 12.1 Å². The Kier molecular flexibility index (Phi) is 5.14. The van der Waals surface area contributed by atoms with Crippen LogP contribution in [0.25, 0.3) is 16.7 Å². The molecule has 0 bridgehead atoms. The molecule has 0 amide bonds. The number of hydrogen-bond donors (Lipinski definition) is 1. The second-order valence-corrected chi connectivity index (χ2v) is 8.90. The summed E-state index contributed by atoms with van der Waals surface area (Å²) in [5, 5.41) is 8.50. The Labute approximate surface area is 188 Å². The molecule has 0 saturated carbocycles. The zero-order valence-corrected chi connectivity index (χ0v) is 18.3. The molecule has 0 spiro atoms. The normalized spacial score (nSPS) is 11.7. The Balaban J connectivity index is 1.44. The molecule has 0 saturated heterocycles. The van der Waals surface area contributed by atoms with Gasteiger partial charge in [0.1, 0.15) is 17.4 Å². The van der Waals surface area contributed by atoms with E-state index in [1.165, 1.54) is 12.1 Å². The van der Waals surface area contributed by atoms with Gasteiger partial charge in [0.15, 0.2) is 0 Å². The number of hydrogen-bond acceptors (Lipinski definition) is 6. The van der Waals surface area contributed by atoms with Crippen LogP contribution in [0.4, 0.5) is 10.1 Å². The van der Waals surface area contributed by atoms with E-state index in [-0.39, 0.29) is 4.90 Å². The zero-order valence-electron chi connectivity index (χ0n) is 17.4. The van der Waals surface area contributed by atoms with E-state index in [1.54, 1.807) is 24.3 Å². The first-order chi connectivity index (χ1) is 15.9. The van der Waals surface area contributed by atoms with Crippen molar-refractivity contribution >= 4 is 32.4 Å². The number of sulfonamides is 1. The number of halogens is 1. The molecule has 1 N–H and O–H groups in total. The Bertz CT molecular complexity index is 1570. The number of rotatable bonds is 6. The summed E-state index contributed by atoms with van der Waals surface area (Å²) in [5.74, 6) is 1.02. The van der Waals surface area contributed by atoms with Crippen molar-refractivity contribution in [3.63, 3.8) is 0 Å². The average Bonchev–Trinajstić information content (AvgIpc) is 3.25. The van der Waals surface area contributed by atoms with E-state index in [9.17, 15) is 12.8 Å². The molecule has 5 aromatic rings. The maximum atomic E-state index is 13.1. The van der Waals surface area contributed by atoms with E-state index in [4.69, 9.17) is 4.74 Å². The number of ether oxygens (including phenoxy) is 1. The molecule has 33 heavy (non-hydrogen) atoms. The monoisotopic (exact) mass is 463 g/mol. The first kappa shape index (κ1) is 20.8. The summed E-state index contributed by atoms with van der Waals surface area (Å²) in [6.07, 6.45) is 0.692. The SMILES string of the molecule is CCc1nnc2c(Oc3ccc(NS(=O)(=O)c4ccc(F)cc4)cc3)nc3ccccc3n12. The summed E-state index contributed by atoms with van der Waals surface area (Å²) in [4.78, 5) is 4.55. The number of para-hydroxylation sites is 2. The molecule has 0 unspecified atom stereocenters. The minimum atomic E-state index is -3.85. The van der Waals surface area contributed by atoms with Gasteiger partial charge in [-0.05, 0) is 60.7 Å². The lowest BCUT2D eigenvalue weighted by Gasteiger charge is -2.11. The van der Waals surface area contributed by atoms with Crippen LogP contribution in [-0.2, 0) is 16.4 Å². The maximum Gasteiger partial charge on any atom is 0.266 e. The molecule has 8 nitrogen and oxygen atoms in total. The van der Waals surface area contributed by atoms with Crippen LogP contribution in [0.15, 0.2) is 77.7 Å². The molecular formula is C23H18FN5O3S. The van der Waals surface area contributed by atoms with Gasteiger partial charge in [-0.15, -0.1) is 10.2 Å². The lowest BCUT2D eigenvalue weighted by molar-refractivity contribution is 0.467. The number of nitrogens with zero attached hydrogens (tertiary/aromatic N) is 4. The fraction of sp³-hybridized carbons (Fsp3) is 0.0870. The summed E-state index contributed by atoms with van der Waals surface area (Å²) in [5.41, 5.74) is 2.44. The van der Waals surface area contributed by atoms with Crippen molar-refractivity contribution in [1.82, 2.24) is 19.6 Å². The summed E-state index contributed by atoms with van der Waals surface area (Å²) in [6.45, 7) is 2.00. The van der Waals surface area contributed by atoms with Gasteiger partial charge in [-0.25, -0.2) is 17.8 Å². The summed E-state index contributed by atoms with van der Waals surface area (Å²) in [6, 6.07) is 18.6. The second-order valence-electron chi connectivity index (χ2n) is 7.22. The molecule has 2 aromatic heterocycles. The maximum absolute atomic E-state index is 13.1. The van der Waals surface area contributed by atoms with E-state index < -0.39 is 15.8 Å². The van der Waals surface area contributed by atoms with Gasteiger partial charge in [0.2, 0.25) is 5.65 Å². The van der Waals surface area contributed by atoms with Crippen molar-refractivity contribution in [2.24, 2.45) is 0 Å². The quantitative estimate of drug-likeness (QED) is 0.396. The fourth-order valence-corrected chi connectivity index (χ4v) is 4.50. The van der Waals surface area contributed by atoms with Crippen LogP contribution in [-0.4, -0.2) is 28.0 Å². The molecule has 0 aliphatic heterocycles. The zero-order chi connectivity index (χ0) is 23.0. The average molecular weight is 463 g/mol. The highest BCUT2D eigenvalue weighted by Crippen LogP contribution is 2.29. The Morgan fingerprint density at radius 2 is 1.70 bits per heavy atom. The van der Waals surface area contributed by atoms with E-state index in [1.807, 2.05) is 35.6 Å². The number of fused-ring (bicyclic) bond motifs is 3. The number of nitrogens with one attached hydrogen (secondary N) is 1. The predicted octanol–water partition coefficient (Wildman–Crippen LogP) is 4.57. The molecule has 0 aliphatic carbocycles. The lowest BCUT2D eigenvalue weighted by Crippen LogP contribution is -2.12. The van der Waals surface area contributed by atoms with Crippen LogP contribution in [0.3, 0.4) is 0 Å². The summed E-state index contributed by atoms with van der Waals surface area (Å²) >= 11 is 0. The van der Waals surface area contributed by atoms with Crippen LogP contribution in [0.2, 0.25) is 0 Å². The summed E-state index contributed by atoms with van der Waals surface area (Å²) in [7, 11) is -3.85. The highest BCUT2D eigenvalue weighted by Gasteiger charge is 2.17. The van der Waals surface area contributed by atoms with Gasteiger partial charge < -0.3 is 4.74 Å². The second kappa shape index (κ2) is 8.14. The van der Waals surface area contributed by atoms with Crippen LogP contribution in [0, 0.1) is 5.82 Å². The standard InChI is InChI=1S/C23H18FN5O3S/c1-2-21-26-27-22-23(25-19-5-3-4-6-20(19)29(21)22)32-17-11-9-16(10-12-17)28-33(30,31)18-13-7-15(24)8-14-18/h3-14,28H,2H2,1H3. The first-order valence-electron chi connectivity index (χ1n) is 10.1. The topological polar surface area (TPSA) is 98.5 Å². The largest absolute Gasteiger partial charge is 0.436 e. The van der Waals surface area contributed by atoms with Gasteiger partial charge in [-0.3, -0.25) is 9.12 Å². The van der Waals surface area contributed by atoms with E-state index in [0.717, 1.165) is 29.0 Å². The number of benzene rings is 3. The van der Waals surface area contributed by atoms with Crippen molar-refractivity contribution in [1.29, 1.82) is 0 Å². The van der Waals surface area contributed by atoms with Gasteiger partial charge in [-0.1, -0.05) is 19.1 Å². The molecule has 0 aliphatic rings. The summed E-state index contributed by atoms with van der Waals surface area (Å²) < 4.78 is 48.5. The minimum absolute atomic E-state index is 0.0366. The van der Waals surface area contributed by atoms with E-state index >= 15 is 0 Å². The third-order valence-electron chi connectivity index (χ3n) is 5.03. The minimum Gasteiger partial charge on any atom is -0.436 e. The highest BCUT2D eigenvalue weighted by molar-refractivity contribution is 7.92. The lowest BCUT2D eigenvalue weighted by atomic mass is 10.3. The van der Waals surface area contributed by atoms with Gasteiger partial charge in [0.25, 0.3) is 15.9 Å². The van der Waals surface area contributed by atoms with Gasteiger partial charge in [0.05, 0.1) is 15.9 Å². The molecular weight excluding hydrogens is 445 g/mol. The van der Waals surface area contributed by atoms with Crippen LogP contribution in [0.5, 0.6) is 11.6 Å². The van der Waals surface area contributed by atoms with Crippen LogP contribution in [0.1, 0.15) is 12.7 Å². The van der Waals surface area contributed by atoms with Gasteiger partial charge in [-0.2, -0.15) is 0 Å². The van der Waals surface area contributed by atoms with Crippen molar-refractivity contribution in [2.45, 2.75) is 18.2 Å². The highest BCUT2D eigenvalue weighted by atomic mass is 32.2. The van der Waals surface area contributed by atoms with E-state index in [2.05, 4.69) is 19.9 Å². The number of aromatic nitrogens is 4. The molecule has 3 aromatic carbocycles. The third-order valence-corrected chi connectivity index (χ3v) is 6.42. The van der Waals surface area contributed by atoms with E-state index in [0.29, 0.717) is 29.4 Å². The molecule has 0 radical (unpaired) electrons. The fourth-order valence-electron chi connectivity index (χ4n) is 3.44. The van der Waals surface area contributed by atoms with Gasteiger partial charge >= 0.3 is 0 Å². The Hall–Kier alpha value is -4.05. The molecule has 10 heteroatoms. The van der Waals surface area contributed by atoms with Crippen LogP contribution >= 0.6 is 0 Å². The van der Waals surface area contributed by atoms with Crippen LogP contribution < -0.4 is 9.46 Å². The van der Waals surface area contributed by atoms with Crippen molar-refractivity contribution in [2.75, 3.05) is 4.72 Å². The third kappa shape index (κ3) is 3.96. The molecule has 5 rings (SSSR count). The first-order valence-corrected chi connectivity index (χ1v) is 11.6. The molecule has 0 fully saturated rings. The molecule has 0 atom stereocenters. The predicted molar refractivity (Wildman–Crippen MR) is 121 cm³/mol. The molecule has 2 heterocycles. The Morgan fingerprint density at radius 1 is 0.970 bits per heavy atom.